The minimum atomic E-state index is -0.0716. The number of fused-ring (bicyclic) bond motifs is 2. The molecule has 1 unspecified atom stereocenters. The highest BCUT2D eigenvalue weighted by atomic mass is 15.3. The Balaban J connectivity index is 0.00000112. The zero-order chi connectivity index (χ0) is 22.1. The smallest absolute Gasteiger partial charge is 0.164 e. The maximum atomic E-state index is 6.09. The number of aromatic nitrogens is 6. The van der Waals surface area contributed by atoms with Crippen LogP contribution < -0.4 is 5.73 Å². The summed E-state index contributed by atoms with van der Waals surface area (Å²) in [6, 6.07) is 12.4. The first-order valence-corrected chi connectivity index (χ1v) is 10.5. The van der Waals surface area contributed by atoms with E-state index in [9.17, 15) is 0 Å². The Kier molecular flexibility index (Phi) is 5.42. The Morgan fingerprint density at radius 1 is 1.00 bits per heavy atom. The Labute approximate surface area is 181 Å². The van der Waals surface area contributed by atoms with E-state index in [0.29, 0.717) is 5.82 Å². The van der Waals surface area contributed by atoms with Crippen LogP contribution in [0.1, 0.15) is 43.6 Å². The number of pyridine rings is 2. The third-order valence-corrected chi connectivity index (χ3v) is 5.38. The van der Waals surface area contributed by atoms with Gasteiger partial charge in [0.25, 0.3) is 0 Å². The highest BCUT2D eigenvalue weighted by Crippen LogP contribution is 2.34. The van der Waals surface area contributed by atoms with Crippen LogP contribution in [-0.2, 0) is 0 Å². The lowest BCUT2D eigenvalue weighted by Gasteiger charge is -2.15. The van der Waals surface area contributed by atoms with E-state index < -0.39 is 0 Å². The molecule has 0 fully saturated rings. The molecule has 5 rings (SSSR count). The van der Waals surface area contributed by atoms with E-state index in [1.807, 2.05) is 49.8 Å². The van der Waals surface area contributed by atoms with E-state index in [2.05, 4.69) is 57.6 Å². The summed E-state index contributed by atoms with van der Waals surface area (Å²) < 4.78 is 4.11. The van der Waals surface area contributed by atoms with Crippen LogP contribution in [0.25, 0.3) is 27.9 Å². The van der Waals surface area contributed by atoms with Gasteiger partial charge in [0.2, 0.25) is 0 Å². The summed E-state index contributed by atoms with van der Waals surface area (Å²) in [6.45, 7) is 10.2. The van der Waals surface area contributed by atoms with Gasteiger partial charge >= 0.3 is 0 Å². The number of nitrogens with two attached hydrogens (primary N) is 1. The van der Waals surface area contributed by atoms with Gasteiger partial charge in [-0.3, -0.25) is 4.98 Å². The fourth-order valence-corrected chi connectivity index (χ4v) is 3.97. The lowest BCUT2D eigenvalue weighted by molar-refractivity contribution is 0.576. The first-order valence-electron chi connectivity index (χ1n) is 10.5. The highest BCUT2D eigenvalue weighted by molar-refractivity contribution is 5.88. The van der Waals surface area contributed by atoms with Gasteiger partial charge in [0, 0.05) is 23.5 Å². The molecule has 1 atom stereocenters. The number of anilines is 1. The van der Waals surface area contributed by atoms with Crippen LogP contribution in [0.2, 0.25) is 0 Å². The van der Waals surface area contributed by atoms with Gasteiger partial charge in [-0.05, 0) is 56.7 Å². The Hall–Kier alpha value is -3.74. The number of nitrogen functional groups attached to an aromatic ring is 1. The van der Waals surface area contributed by atoms with Crippen LogP contribution in [0.3, 0.4) is 0 Å². The molecule has 0 bridgehead atoms. The van der Waals surface area contributed by atoms with Gasteiger partial charge < -0.3 is 10.1 Å². The molecule has 0 amide bonds. The molecule has 7 nitrogen and oxygen atoms in total. The molecule has 5 heterocycles. The van der Waals surface area contributed by atoms with Crippen LogP contribution in [0.4, 0.5) is 5.82 Å². The van der Waals surface area contributed by atoms with Crippen molar-refractivity contribution >= 4 is 22.4 Å². The molecule has 5 aromatic rings. The van der Waals surface area contributed by atoms with Gasteiger partial charge in [0.15, 0.2) is 5.65 Å². The van der Waals surface area contributed by atoms with E-state index in [-0.39, 0.29) is 6.04 Å². The molecular formula is C24H27N7. The highest BCUT2D eigenvalue weighted by Gasteiger charge is 2.23. The van der Waals surface area contributed by atoms with Gasteiger partial charge in [0.1, 0.15) is 12.1 Å². The maximum Gasteiger partial charge on any atom is 0.164 e. The molecule has 0 aliphatic carbocycles. The summed E-state index contributed by atoms with van der Waals surface area (Å²) in [6.07, 6.45) is 5.40. The molecule has 158 valence electrons. The number of aryl methyl sites for hydroxylation is 2. The zero-order valence-corrected chi connectivity index (χ0v) is 18.5. The number of rotatable bonds is 3. The van der Waals surface area contributed by atoms with Crippen molar-refractivity contribution in [1.82, 2.24) is 29.1 Å². The molecule has 7 heteroatoms. The first kappa shape index (κ1) is 20.5. The summed E-state index contributed by atoms with van der Waals surface area (Å²) in [5, 5.41) is 5.56. The van der Waals surface area contributed by atoms with Crippen molar-refractivity contribution in [3.05, 3.63) is 71.9 Å². The molecule has 0 saturated heterocycles. The molecule has 0 radical (unpaired) electrons. The predicted octanol–water partition coefficient (Wildman–Crippen LogP) is 4.98. The van der Waals surface area contributed by atoms with E-state index in [1.54, 1.807) is 0 Å². The third-order valence-electron chi connectivity index (χ3n) is 5.38. The van der Waals surface area contributed by atoms with Gasteiger partial charge in [-0.15, -0.1) is 0 Å². The standard InChI is InChI=1S/C22H21N7.C2H6/c1-13-7-9-28-16(10-13)11-17(20(28)18-6-4-5-8-24-18)15(3)29-22-19(14(2)27-29)21(23)25-12-26-22;1-2/h4-12,15H,1-3H3,(H2,23,25,26);1-2H3. The van der Waals surface area contributed by atoms with E-state index in [4.69, 9.17) is 10.8 Å². The Morgan fingerprint density at radius 3 is 2.55 bits per heavy atom. The molecule has 0 aliphatic heterocycles. The van der Waals surface area contributed by atoms with Crippen LogP contribution in [0, 0.1) is 13.8 Å². The van der Waals surface area contributed by atoms with Crippen molar-refractivity contribution in [1.29, 1.82) is 0 Å². The predicted molar refractivity (Wildman–Crippen MR) is 125 cm³/mol. The lowest BCUT2D eigenvalue weighted by atomic mass is 10.1. The Morgan fingerprint density at radius 2 is 1.81 bits per heavy atom. The van der Waals surface area contributed by atoms with Crippen LogP contribution >= 0.6 is 0 Å². The topological polar surface area (TPSA) is 86.9 Å². The van der Waals surface area contributed by atoms with Gasteiger partial charge in [-0.1, -0.05) is 19.9 Å². The van der Waals surface area contributed by atoms with Crippen LogP contribution in [0.15, 0.2) is 55.1 Å². The summed E-state index contributed by atoms with van der Waals surface area (Å²) in [7, 11) is 0. The molecule has 0 spiro atoms. The van der Waals surface area contributed by atoms with Gasteiger partial charge in [-0.25, -0.2) is 14.6 Å². The van der Waals surface area contributed by atoms with Crippen molar-refractivity contribution in [3.8, 4) is 11.4 Å². The molecule has 0 saturated carbocycles. The van der Waals surface area contributed by atoms with E-state index >= 15 is 0 Å². The average molecular weight is 414 g/mol. The average Bonchev–Trinajstić information content (AvgIpc) is 3.33. The summed E-state index contributed by atoms with van der Waals surface area (Å²) >= 11 is 0. The van der Waals surface area contributed by atoms with Crippen molar-refractivity contribution in [2.24, 2.45) is 0 Å². The first-order chi connectivity index (χ1) is 15.0. The number of hydrogen-bond acceptors (Lipinski definition) is 5. The van der Waals surface area contributed by atoms with Crippen molar-refractivity contribution < 1.29 is 0 Å². The monoisotopic (exact) mass is 413 g/mol. The fourth-order valence-electron chi connectivity index (χ4n) is 3.97. The fraction of sp³-hybridized carbons (Fsp3) is 0.250. The SMILES string of the molecule is CC.Cc1ccn2c(-c3ccccn3)c(C(C)n3nc(C)c4c(N)ncnc43)cc2c1. The summed E-state index contributed by atoms with van der Waals surface area (Å²) in [5.74, 6) is 0.452. The van der Waals surface area contributed by atoms with Crippen LogP contribution in [0.5, 0.6) is 0 Å². The van der Waals surface area contributed by atoms with Gasteiger partial charge in [0.05, 0.1) is 28.5 Å². The van der Waals surface area contributed by atoms with Crippen LogP contribution in [-0.4, -0.2) is 29.1 Å². The molecule has 2 N–H and O–H groups in total. The van der Waals surface area contributed by atoms with E-state index in [0.717, 1.165) is 39.2 Å². The van der Waals surface area contributed by atoms with E-state index in [1.165, 1.54) is 11.9 Å². The second kappa shape index (κ2) is 8.18. The number of nitrogens with zero attached hydrogens (tertiary/aromatic N) is 6. The zero-order valence-electron chi connectivity index (χ0n) is 18.5. The van der Waals surface area contributed by atoms with Crippen molar-refractivity contribution in [2.45, 2.75) is 40.7 Å². The summed E-state index contributed by atoms with van der Waals surface area (Å²) in [5.41, 5.74) is 13.1. The molecule has 5 aromatic heterocycles. The third kappa shape index (κ3) is 3.42. The minimum Gasteiger partial charge on any atom is -0.383 e. The number of hydrogen-bond donors (Lipinski definition) is 1. The maximum absolute atomic E-state index is 6.09. The second-order valence-corrected chi connectivity index (χ2v) is 7.33. The van der Waals surface area contributed by atoms with Crippen molar-refractivity contribution in [3.63, 3.8) is 0 Å². The van der Waals surface area contributed by atoms with Crippen molar-refractivity contribution in [2.75, 3.05) is 5.73 Å². The molecular weight excluding hydrogens is 386 g/mol. The Bertz CT molecular complexity index is 1350. The molecule has 0 aliphatic rings. The molecule has 31 heavy (non-hydrogen) atoms. The largest absolute Gasteiger partial charge is 0.383 e. The summed E-state index contributed by atoms with van der Waals surface area (Å²) in [4.78, 5) is 13.2. The minimum absolute atomic E-state index is 0.0716. The van der Waals surface area contributed by atoms with Gasteiger partial charge in [-0.2, -0.15) is 5.10 Å². The normalized spacial score (nSPS) is 12.0. The lowest BCUT2D eigenvalue weighted by Crippen LogP contribution is -2.10. The quantitative estimate of drug-likeness (QED) is 0.451. The molecule has 0 aromatic carbocycles. The second-order valence-electron chi connectivity index (χ2n) is 7.33.